The number of nitriles is 1. The summed E-state index contributed by atoms with van der Waals surface area (Å²) in [6, 6.07) is 2.10. The zero-order chi connectivity index (χ0) is 32.2. The van der Waals surface area contributed by atoms with E-state index in [4.69, 9.17) is 18.9 Å². The lowest BCUT2D eigenvalue weighted by molar-refractivity contribution is 0.0231. The average Bonchev–Trinajstić information content (AvgIpc) is 3.42. The fraction of sp³-hybridized carbons (Fsp3) is 0.469. The summed E-state index contributed by atoms with van der Waals surface area (Å²) in [7, 11) is 0. The number of carbonyl (C=O) groups excluding carboxylic acids is 1. The molecule has 3 aromatic heterocycles. The van der Waals surface area contributed by atoms with Crippen molar-refractivity contribution < 1.29 is 32.5 Å². The molecule has 0 radical (unpaired) electrons. The number of hydrogen-bond donors (Lipinski definition) is 1. The molecule has 1 aromatic carbocycles. The molecule has 3 aliphatic rings. The highest BCUT2D eigenvalue weighted by Crippen LogP contribution is 2.48. The maximum atomic E-state index is 16.7. The van der Waals surface area contributed by atoms with E-state index in [9.17, 15) is 10.1 Å². The lowest BCUT2D eigenvalue weighted by Crippen LogP contribution is -2.41. The topological polar surface area (TPSA) is 132 Å². The van der Waals surface area contributed by atoms with Crippen molar-refractivity contribution in [2.45, 2.75) is 52.4 Å². The van der Waals surface area contributed by atoms with E-state index in [2.05, 4.69) is 25.2 Å². The fourth-order valence-corrected chi connectivity index (χ4v) is 7.08. The zero-order valence-corrected chi connectivity index (χ0v) is 26.5. The summed E-state index contributed by atoms with van der Waals surface area (Å²) in [5.41, 5.74) is 0.471. The van der Waals surface area contributed by atoms with Gasteiger partial charge in [0.25, 0.3) is 0 Å². The number of rotatable bonds is 7. The van der Waals surface area contributed by atoms with Crippen LogP contribution in [0.4, 0.5) is 18.6 Å². The molecule has 14 heteroatoms. The molecule has 1 aliphatic carbocycles. The second-order valence-electron chi connectivity index (χ2n) is 12.9. The van der Waals surface area contributed by atoms with E-state index < -0.39 is 23.3 Å². The van der Waals surface area contributed by atoms with Gasteiger partial charge in [0.2, 0.25) is 0 Å². The fourth-order valence-electron chi connectivity index (χ4n) is 6.04. The number of fused-ring (bicyclic) bond motifs is 4. The maximum absolute atomic E-state index is 16.7. The van der Waals surface area contributed by atoms with Gasteiger partial charge in [0.05, 0.1) is 55.2 Å². The molecule has 2 fully saturated rings. The minimum Gasteiger partial charge on any atom is -0.463 e. The van der Waals surface area contributed by atoms with E-state index in [0.29, 0.717) is 23.1 Å². The number of morpholine rings is 1. The van der Waals surface area contributed by atoms with Gasteiger partial charge in [0.1, 0.15) is 22.2 Å². The molecule has 0 bridgehead atoms. The molecule has 7 rings (SSSR count). The second kappa shape index (κ2) is 11.6. The van der Waals surface area contributed by atoms with Crippen LogP contribution in [-0.4, -0.2) is 71.0 Å². The van der Waals surface area contributed by atoms with E-state index in [-0.39, 0.29) is 62.1 Å². The van der Waals surface area contributed by atoms with Crippen molar-refractivity contribution in [3.8, 4) is 23.3 Å². The number of nitrogens with zero attached hydrogens (tertiary/aromatic N) is 5. The standard InChI is InChI=1S/C32H32F2N6O5S/c1-31(2,3)45-30(41)39-28-17(10-35)23-26(36-12-21(33)27(23)46-28)22-20-14-43-13-19(20)18-11-37-29(38-25(18)24(22)34)44-16-32(4-5-32)15-40-6-8-42-9-7-40/h11-12H,4-9,13-16H2,1-3H3,(H,39,41). The number of benzene rings is 1. The molecule has 1 N–H and O–H groups in total. The normalized spacial score (nSPS) is 17.6. The third kappa shape index (κ3) is 5.72. The van der Waals surface area contributed by atoms with Crippen molar-refractivity contribution in [1.29, 1.82) is 5.26 Å². The second-order valence-corrected chi connectivity index (χ2v) is 14.0. The van der Waals surface area contributed by atoms with Crippen LogP contribution >= 0.6 is 11.3 Å². The Kier molecular flexibility index (Phi) is 7.75. The Labute approximate surface area is 267 Å². The molecule has 1 saturated heterocycles. The summed E-state index contributed by atoms with van der Waals surface area (Å²) in [6.07, 6.45) is 3.77. The van der Waals surface area contributed by atoms with Gasteiger partial charge in [-0.3, -0.25) is 15.2 Å². The minimum absolute atomic E-state index is 0.00642. The Hall–Kier alpha value is -4.03. The molecule has 0 atom stereocenters. The third-order valence-electron chi connectivity index (χ3n) is 8.44. The lowest BCUT2D eigenvalue weighted by atomic mass is 9.94. The number of thiophene rings is 1. The van der Waals surface area contributed by atoms with Crippen molar-refractivity contribution in [3.63, 3.8) is 0 Å². The quantitative estimate of drug-likeness (QED) is 0.257. The van der Waals surface area contributed by atoms with Gasteiger partial charge in [-0.25, -0.2) is 18.6 Å². The van der Waals surface area contributed by atoms with E-state index in [1.165, 1.54) is 0 Å². The van der Waals surface area contributed by atoms with Crippen LogP contribution in [0.5, 0.6) is 6.01 Å². The first-order valence-electron chi connectivity index (χ1n) is 15.1. The Morgan fingerprint density at radius 2 is 1.91 bits per heavy atom. The Bertz CT molecular complexity index is 1910. The summed E-state index contributed by atoms with van der Waals surface area (Å²) >= 11 is 0.851. The summed E-state index contributed by atoms with van der Waals surface area (Å²) < 4.78 is 54.5. The summed E-state index contributed by atoms with van der Waals surface area (Å²) in [6.45, 7) is 9.88. The molecular formula is C32H32F2N6O5S. The highest BCUT2D eigenvalue weighted by atomic mass is 32.1. The van der Waals surface area contributed by atoms with Crippen molar-refractivity contribution in [3.05, 3.63) is 40.7 Å². The number of ether oxygens (including phenoxy) is 4. The third-order valence-corrected chi connectivity index (χ3v) is 9.55. The molecule has 5 heterocycles. The SMILES string of the molecule is CC(C)(C)OC(=O)Nc1sc2c(F)cnc(-c3c4c(c5cnc(OCC6(CN7CCOCC7)CC6)nc5c3F)COC4)c2c1C#N. The number of nitrogens with one attached hydrogen (secondary N) is 1. The van der Waals surface area contributed by atoms with Crippen LogP contribution < -0.4 is 10.1 Å². The summed E-state index contributed by atoms with van der Waals surface area (Å²) in [4.78, 5) is 28.1. The lowest BCUT2D eigenvalue weighted by Gasteiger charge is -2.30. The molecule has 240 valence electrons. The van der Waals surface area contributed by atoms with Crippen LogP contribution in [0.1, 0.15) is 50.3 Å². The van der Waals surface area contributed by atoms with E-state index >= 15 is 8.78 Å². The van der Waals surface area contributed by atoms with Crippen LogP contribution in [0, 0.1) is 28.4 Å². The first-order chi connectivity index (χ1) is 22.1. The van der Waals surface area contributed by atoms with Crippen molar-refractivity contribution in [2.24, 2.45) is 5.41 Å². The van der Waals surface area contributed by atoms with Crippen LogP contribution in [0.2, 0.25) is 0 Å². The number of pyridine rings is 1. The van der Waals surface area contributed by atoms with Crippen LogP contribution in [-0.2, 0) is 27.4 Å². The highest BCUT2D eigenvalue weighted by molar-refractivity contribution is 7.23. The average molecular weight is 651 g/mol. The van der Waals surface area contributed by atoms with Gasteiger partial charge in [-0.1, -0.05) is 0 Å². The van der Waals surface area contributed by atoms with Gasteiger partial charge in [-0.15, -0.1) is 11.3 Å². The predicted molar refractivity (Wildman–Crippen MR) is 166 cm³/mol. The van der Waals surface area contributed by atoms with Crippen molar-refractivity contribution in [1.82, 2.24) is 19.9 Å². The summed E-state index contributed by atoms with van der Waals surface area (Å²) in [5, 5.41) is 13.3. The Morgan fingerprint density at radius 1 is 1.15 bits per heavy atom. The van der Waals surface area contributed by atoms with Crippen LogP contribution in [0.25, 0.3) is 32.2 Å². The maximum Gasteiger partial charge on any atom is 0.412 e. The number of hydrogen-bond acceptors (Lipinski definition) is 11. The predicted octanol–water partition coefficient (Wildman–Crippen LogP) is 5.92. The molecule has 4 aromatic rings. The van der Waals surface area contributed by atoms with Crippen molar-refractivity contribution >= 4 is 43.4 Å². The smallest absolute Gasteiger partial charge is 0.412 e. The largest absolute Gasteiger partial charge is 0.463 e. The van der Waals surface area contributed by atoms with Gasteiger partial charge in [-0.2, -0.15) is 10.2 Å². The number of amides is 1. The monoisotopic (exact) mass is 650 g/mol. The first kappa shape index (κ1) is 30.6. The molecule has 0 spiro atoms. The van der Waals surface area contributed by atoms with Gasteiger partial charge in [0, 0.05) is 47.6 Å². The van der Waals surface area contributed by atoms with E-state index in [0.717, 1.165) is 63.2 Å². The molecule has 46 heavy (non-hydrogen) atoms. The summed E-state index contributed by atoms with van der Waals surface area (Å²) in [5.74, 6) is -1.42. The zero-order valence-electron chi connectivity index (χ0n) is 25.7. The Morgan fingerprint density at radius 3 is 2.63 bits per heavy atom. The van der Waals surface area contributed by atoms with Crippen molar-refractivity contribution in [2.75, 3.05) is 44.8 Å². The number of aromatic nitrogens is 3. The van der Waals surface area contributed by atoms with Gasteiger partial charge < -0.3 is 18.9 Å². The Balaban J connectivity index is 1.28. The van der Waals surface area contributed by atoms with Crippen LogP contribution in [0.3, 0.4) is 0 Å². The number of carbonyl (C=O) groups is 1. The molecular weight excluding hydrogens is 618 g/mol. The number of halogens is 2. The molecule has 1 saturated carbocycles. The number of anilines is 1. The first-order valence-corrected chi connectivity index (χ1v) is 15.9. The minimum atomic E-state index is -0.807. The van der Waals surface area contributed by atoms with E-state index in [1.54, 1.807) is 27.0 Å². The van der Waals surface area contributed by atoms with Gasteiger partial charge in [0.15, 0.2) is 11.6 Å². The van der Waals surface area contributed by atoms with Gasteiger partial charge in [-0.05, 0) is 44.7 Å². The highest BCUT2D eigenvalue weighted by Gasteiger charge is 2.45. The molecule has 0 unspecified atom stereocenters. The molecule has 1 amide bonds. The van der Waals surface area contributed by atoms with Crippen LogP contribution in [0.15, 0.2) is 12.4 Å². The molecule has 2 aliphatic heterocycles. The molecule has 11 nitrogen and oxygen atoms in total. The van der Waals surface area contributed by atoms with Gasteiger partial charge >= 0.3 is 12.1 Å². The van der Waals surface area contributed by atoms with E-state index in [1.807, 2.05) is 6.07 Å².